The summed E-state index contributed by atoms with van der Waals surface area (Å²) in [5, 5.41) is 6.99. The monoisotopic (exact) mass is 199 g/mol. The lowest BCUT2D eigenvalue weighted by Gasteiger charge is -2.05. The summed E-state index contributed by atoms with van der Waals surface area (Å²) in [6, 6.07) is 0. The van der Waals surface area contributed by atoms with E-state index in [2.05, 4.69) is 17.1 Å². The van der Waals surface area contributed by atoms with Crippen molar-refractivity contribution in [2.75, 3.05) is 6.61 Å². The lowest BCUT2D eigenvalue weighted by molar-refractivity contribution is 0.123. The average Bonchev–Trinajstić information content (AvgIpc) is 2.62. The predicted octanol–water partition coefficient (Wildman–Crippen LogP) is 1.37. The number of aromatic nitrogens is 3. The van der Waals surface area contributed by atoms with Crippen molar-refractivity contribution in [2.45, 2.75) is 25.4 Å². The van der Waals surface area contributed by atoms with Crippen LogP contribution in [-0.2, 0) is 11.8 Å². The second-order valence-corrected chi connectivity index (χ2v) is 3.91. The first-order valence-electron chi connectivity index (χ1n) is 4.41. The summed E-state index contributed by atoms with van der Waals surface area (Å²) >= 11 is 5.04. The van der Waals surface area contributed by atoms with Gasteiger partial charge in [0.05, 0.1) is 12.7 Å². The van der Waals surface area contributed by atoms with E-state index in [4.69, 9.17) is 17.0 Å². The molecular formula is C8H13N3OS. The highest BCUT2D eigenvalue weighted by Crippen LogP contribution is 2.27. The zero-order chi connectivity index (χ0) is 9.42. The summed E-state index contributed by atoms with van der Waals surface area (Å²) in [6.45, 7) is 2.84. The molecule has 1 aromatic heterocycles. The highest BCUT2D eigenvalue weighted by molar-refractivity contribution is 7.71. The fraction of sp³-hybridized carbons (Fsp3) is 0.750. The Bertz CT molecular complexity index is 357. The number of rotatable bonds is 1. The molecule has 1 N–H and O–H groups in total. The van der Waals surface area contributed by atoms with Crippen LogP contribution in [0.2, 0.25) is 0 Å². The van der Waals surface area contributed by atoms with Gasteiger partial charge in [-0.05, 0) is 25.6 Å². The summed E-state index contributed by atoms with van der Waals surface area (Å²) in [5.74, 6) is 1.40. The van der Waals surface area contributed by atoms with Gasteiger partial charge in [0, 0.05) is 13.0 Å². The zero-order valence-electron chi connectivity index (χ0n) is 7.78. The van der Waals surface area contributed by atoms with Crippen molar-refractivity contribution in [1.82, 2.24) is 14.8 Å². The molecule has 2 unspecified atom stereocenters. The molecule has 2 heterocycles. The van der Waals surface area contributed by atoms with Crippen LogP contribution in [0, 0.1) is 4.77 Å². The Hall–Kier alpha value is -0.680. The van der Waals surface area contributed by atoms with Gasteiger partial charge in [-0.25, -0.2) is 0 Å². The van der Waals surface area contributed by atoms with E-state index in [0.29, 0.717) is 16.8 Å². The maximum atomic E-state index is 5.48. The molecule has 0 spiro atoms. The van der Waals surface area contributed by atoms with Crippen molar-refractivity contribution in [3.05, 3.63) is 10.6 Å². The van der Waals surface area contributed by atoms with Crippen LogP contribution in [0.15, 0.2) is 0 Å². The standard InChI is InChI=1S/C8H13N3OS/c1-5-3-6(4-12-5)7-9-10-8(13)11(7)2/h5-6H,3-4H2,1-2H3,(H,10,13). The molecule has 1 aliphatic rings. The Balaban J connectivity index is 2.26. The van der Waals surface area contributed by atoms with Crippen LogP contribution in [0.4, 0.5) is 0 Å². The fourth-order valence-corrected chi connectivity index (χ4v) is 1.86. The van der Waals surface area contributed by atoms with Crippen LogP contribution in [0.3, 0.4) is 0 Å². The zero-order valence-corrected chi connectivity index (χ0v) is 8.60. The van der Waals surface area contributed by atoms with Crippen molar-refractivity contribution < 1.29 is 4.74 Å². The minimum Gasteiger partial charge on any atom is -0.378 e. The fourth-order valence-electron chi connectivity index (χ4n) is 1.72. The van der Waals surface area contributed by atoms with E-state index in [1.165, 1.54) is 0 Å². The molecule has 13 heavy (non-hydrogen) atoms. The molecule has 0 amide bonds. The third kappa shape index (κ3) is 1.53. The lowest BCUT2D eigenvalue weighted by atomic mass is 10.1. The molecule has 1 aliphatic heterocycles. The number of H-pyrrole nitrogens is 1. The van der Waals surface area contributed by atoms with Crippen molar-refractivity contribution >= 4 is 12.2 Å². The first-order valence-corrected chi connectivity index (χ1v) is 4.82. The predicted molar refractivity (Wildman–Crippen MR) is 51.2 cm³/mol. The van der Waals surface area contributed by atoms with Crippen molar-refractivity contribution in [2.24, 2.45) is 7.05 Å². The molecule has 0 aromatic carbocycles. The summed E-state index contributed by atoms with van der Waals surface area (Å²) < 4.78 is 8.08. The number of aromatic amines is 1. The molecule has 4 nitrogen and oxygen atoms in total. The van der Waals surface area contributed by atoms with Crippen molar-refractivity contribution in [1.29, 1.82) is 0 Å². The van der Waals surface area contributed by atoms with Crippen LogP contribution in [0.25, 0.3) is 0 Å². The highest BCUT2D eigenvalue weighted by atomic mass is 32.1. The van der Waals surface area contributed by atoms with Crippen LogP contribution in [-0.4, -0.2) is 27.5 Å². The summed E-state index contributed by atoms with van der Waals surface area (Å²) in [5.41, 5.74) is 0. The van der Waals surface area contributed by atoms with Gasteiger partial charge in [-0.3, -0.25) is 5.10 Å². The first kappa shape index (κ1) is 8.90. The molecule has 0 radical (unpaired) electrons. The summed E-state index contributed by atoms with van der Waals surface area (Å²) in [4.78, 5) is 0. The van der Waals surface area contributed by atoms with E-state index >= 15 is 0 Å². The van der Waals surface area contributed by atoms with Crippen LogP contribution in [0.5, 0.6) is 0 Å². The van der Waals surface area contributed by atoms with Gasteiger partial charge in [-0.2, -0.15) is 5.10 Å². The van der Waals surface area contributed by atoms with E-state index in [-0.39, 0.29) is 0 Å². The second kappa shape index (κ2) is 3.23. The van der Waals surface area contributed by atoms with E-state index in [9.17, 15) is 0 Å². The number of ether oxygens (including phenoxy) is 1. The SMILES string of the molecule is CC1CC(c2n[nH]c(=S)n2C)CO1. The van der Waals surface area contributed by atoms with E-state index in [1.807, 2.05) is 11.6 Å². The van der Waals surface area contributed by atoms with E-state index < -0.39 is 0 Å². The first-order chi connectivity index (χ1) is 6.18. The topological polar surface area (TPSA) is 42.8 Å². The number of hydrogen-bond acceptors (Lipinski definition) is 3. The van der Waals surface area contributed by atoms with Gasteiger partial charge in [-0.1, -0.05) is 0 Å². The van der Waals surface area contributed by atoms with Gasteiger partial charge in [0.15, 0.2) is 4.77 Å². The van der Waals surface area contributed by atoms with Gasteiger partial charge < -0.3 is 9.30 Å². The van der Waals surface area contributed by atoms with Gasteiger partial charge in [-0.15, -0.1) is 0 Å². The Kier molecular flexibility index (Phi) is 2.21. The van der Waals surface area contributed by atoms with Gasteiger partial charge >= 0.3 is 0 Å². The Morgan fingerprint density at radius 3 is 2.92 bits per heavy atom. The third-order valence-corrected chi connectivity index (χ3v) is 2.84. The Morgan fingerprint density at radius 1 is 1.69 bits per heavy atom. The number of nitrogens with zero attached hydrogens (tertiary/aromatic N) is 2. The minimum absolute atomic E-state index is 0.343. The molecule has 0 saturated carbocycles. The van der Waals surface area contributed by atoms with E-state index in [0.717, 1.165) is 18.9 Å². The van der Waals surface area contributed by atoms with Crippen molar-refractivity contribution in [3.8, 4) is 0 Å². The smallest absolute Gasteiger partial charge is 0.194 e. The van der Waals surface area contributed by atoms with Gasteiger partial charge in [0.1, 0.15) is 5.82 Å². The molecule has 2 rings (SSSR count). The molecule has 0 aliphatic carbocycles. The quantitative estimate of drug-likeness (QED) is 0.695. The highest BCUT2D eigenvalue weighted by Gasteiger charge is 2.26. The third-order valence-electron chi connectivity index (χ3n) is 2.48. The molecule has 1 aromatic rings. The largest absolute Gasteiger partial charge is 0.378 e. The molecule has 2 atom stereocenters. The molecule has 1 fully saturated rings. The van der Waals surface area contributed by atoms with Crippen LogP contribution < -0.4 is 0 Å². The molecule has 72 valence electrons. The lowest BCUT2D eigenvalue weighted by Crippen LogP contribution is -2.06. The molecule has 0 bridgehead atoms. The van der Waals surface area contributed by atoms with Crippen LogP contribution in [0.1, 0.15) is 25.1 Å². The maximum Gasteiger partial charge on any atom is 0.194 e. The molecule has 5 heteroatoms. The molecular weight excluding hydrogens is 186 g/mol. The molecule has 1 saturated heterocycles. The summed E-state index contributed by atoms with van der Waals surface area (Å²) in [7, 11) is 1.93. The Morgan fingerprint density at radius 2 is 2.46 bits per heavy atom. The minimum atomic E-state index is 0.343. The van der Waals surface area contributed by atoms with E-state index in [1.54, 1.807) is 0 Å². The van der Waals surface area contributed by atoms with Gasteiger partial charge in [0.2, 0.25) is 0 Å². The number of nitrogens with one attached hydrogen (secondary N) is 1. The number of hydrogen-bond donors (Lipinski definition) is 1. The summed E-state index contributed by atoms with van der Waals surface area (Å²) in [6.07, 6.45) is 1.38. The Labute approximate surface area is 81.9 Å². The average molecular weight is 199 g/mol. The normalized spacial score (nSPS) is 28.2. The van der Waals surface area contributed by atoms with Crippen LogP contribution >= 0.6 is 12.2 Å². The maximum absolute atomic E-state index is 5.48. The van der Waals surface area contributed by atoms with Gasteiger partial charge in [0.25, 0.3) is 0 Å². The second-order valence-electron chi connectivity index (χ2n) is 3.52. The van der Waals surface area contributed by atoms with Crippen molar-refractivity contribution in [3.63, 3.8) is 0 Å².